The number of ether oxygens (including phenoxy) is 2. The predicted molar refractivity (Wildman–Crippen MR) is 203 cm³/mol. The molecule has 280 valence electrons. The first-order chi connectivity index (χ1) is 27.2. The molecule has 0 N–H and O–H groups in total. The average Bonchev–Trinajstić information content (AvgIpc) is 3.65. The SMILES string of the molecule is CCOC(=O)[C@@H](C(C#N)C#N)[C@H]1C(=O)N(Cc2ccccc2)c2ccccc21.CCOC(=O)[C@H](C(C#N)C#N)[C@@H]1C(=O)N(Cc2ccccc2)c2ccccc21. The molecule has 2 heterocycles. The molecule has 2 amide bonds. The van der Waals surface area contributed by atoms with Gasteiger partial charge in [0.15, 0.2) is 0 Å². The van der Waals surface area contributed by atoms with Crippen LogP contribution in [0.3, 0.4) is 0 Å². The second-order valence-corrected chi connectivity index (χ2v) is 12.9. The van der Waals surface area contributed by atoms with Crippen molar-refractivity contribution in [2.75, 3.05) is 23.0 Å². The third-order valence-electron chi connectivity index (χ3n) is 9.67. The molecule has 0 aliphatic carbocycles. The summed E-state index contributed by atoms with van der Waals surface area (Å²) >= 11 is 0. The van der Waals surface area contributed by atoms with E-state index in [1.165, 1.54) is 0 Å². The molecule has 0 spiro atoms. The topological polar surface area (TPSA) is 188 Å². The molecule has 12 nitrogen and oxygen atoms in total. The number of amides is 2. The van der Waals surface area contributed by atoms with Crippen LogP contribution in [0, 0.1) is 69.0 Å². The number of anilines is 2. The molecule has 2 aliphatic heterocycles. The minimum Gasteiger partial charge on any atom is -0.466 e. The van der Waals surface area contributed by atoms with Gasteiger partial charge >= 0.3 is 11.9 Å². The third kappa shape index (κ3) is 8.26. The van der Waals surface area contributed by atoms with Gasteiger partial charge in [0.25, 0.3) is 0 Å². The van der Waals surface area contributed by atoms with Crippen molar-refractivity contribution < 1.29 is 28.7 Å². The summed E-state index contributed by atoms with van der Waals surface area (Å²) in [7, 11) is 0. The number of nitrogens with zero attached hydrogens (tertiary/aromatic N) is 6. The van der Waals surface area contributed by atoms with Crippen molar-refractivity contribution in [1.29, 1.82) is 21.0 Å². The van der Waals surface area contributed by atoms with Gasteiger partial charge < -0.3 is 19.3 Å². The average molecular weight is 747 g/mol. The summed E-state index contributed by atoms with van der Waals surface area (Å²) in [4.78, 5) is 55.1. The minimum absolute atomic E-state index is 0.106. The van der Waals surface area contributed by atoms with E-state index in [9.17, 15) is 40.2 Å². The highest BCUT2D eigenvalue weighted by Crippen LogP contribution is 2.46. The van der Waals surface area contributed by atoms with Crippen LogP contribution in [0.1, 0.15) is 47.9 Å². The molecule has 0 bridgehead atoms. The Morgan fingerprint density at radius 1 is 0.554 bits per heavy atom. The van der Waals surface area contributed by atoms with E-state index in [1.807, 2.05) is 109 Å². The molecule has 0 saturated heterocycles. The van der Waals surface area contributed by atoms with Gasteiger partial charge in [0, 0.05) is 11.4 Å². The molecule has 0 unspecified atom stereocenters. The Balaban J connectivity index is 0.000000214. The van der Waals surface area contributed by atoms with Crippen molar-refractivity contribution in [1.82, 2.24) is 0 Å². The highest BCUT2D eigenvalue weighted by Gasteiger charge is 2.50. The molecule has 56 heavy (non-hydrogen) atoms. The Hall–Kier alpha value is -7.28. The van der Waals surface area contributed by atoms with Crippen LogP contribution in [-0.2, 0) is 41.7 Å². The van der Waals surface area contributed by atoms with Crippen molar-refractivity contribution in [3.63, 3.8) is 0 Å². The number of carbonyl (C=O) groups excluding carboxylic acids is 4. The van der Waals surface area contributed by atoms with Crippen LogP contribution in [-0.4, -0.2) is 37.0 Å². The zero-order valence-electron chi connectivity index (χ0n) is 30.8. The van der Waals surface area contributed by atoms with E-state index in [0.717, 1.165) is 11.1 Å². The first-order valence-corrected chi connectivity index (χ1v) is 18.0. The molecule has 6 rings (SSSR count). The Morgan fingerprint density at radius 3 is 1.20 bits per heavy atom. The van der Waals surface area contributed by atoms with Gasteiger partial charge in [-0.15, -0.1) is 0 Å². The van der Waals surface area contributed by atoms with E-state index in [1.54, 1.807) is 47.9 Å². The number of nitriles is 4. The van der Waals surface area contributed by atoms with Gasteiger partial charge in [0.1, 0.15) is 23.7 Å². The van der Waals surface area contributed by atoms with Crippen LogP contribution < -0.4 is 9.80 Å². The first kappa shape index (κ1) is 39.9. The van der Waals surface area contributed by atoms with E-state index in [-0.39, 0.29) is 25.0 Å². The van der Waals surface area contributed by atoms with Crippen LogP contribution >= 0.6 is 0 Å². The Labute approximate surface area is 325 Å². The van der Waals surface area contributed by atoms with Crippen molar-refractivity contribution in [2.45, 2.75) is 38.8 Å². The van der Waals surface area contributed by atoms with E-state index < -0.39 is 47.4 Å². The summed E-state index contributed by atoms with van der Waals surface area (Å²) in [6.07, 6.45) is 0. The molecule has 0 aromatic heterocycles. The highest BCUT2D eigenvalue weighted by atomic mass is 16.5. The van der Waals surface area contributed by atoms with Crippen LogP contribution in [0.25, 0.3) is 0 Å². The maximum atomic E-state index is 13.4. The predicted octanol–water partition coefficient (Wildman–Crippen LogP) is 6.32. The van der Waals surface area contributed by atoms with Gasteiger partial charge in [-0.3, -0.25) is 19.2 Å². The molecule has 0 fully saturated rings. The normalized spacial score (nSPS) is 16.2. The van der Waals surface area contributed by atoms with Crippen molar-refractivity contribution in [3.05, 3.63) is 131 Å². The summed E-state index contributed by atoms with van der Waals surface area (Å²) in [5.41, 5.74) is 4.52. The van der Waals surface area contributed by atoms with E-state index in [0.29, 0.717) is 35.6 Å². The maximum absolute atomic E-state index is 13.4. The van der Waals surface area contributed by atoms with Gasteiger partial charge in [-0.1, -0.05) is 97.1 Å². The van der Waals surface area contributed by atoms with Gasteiger partial charge in [0.05, 0.1) is 62.4 Å². The van der Waals surface area contributed by atoms with Crippen LogP contribution in [0.2, 0.25) is 0 Å². The lowest BCUT2D eigenvalue weighted by molar-refractivity contribution is -0.151. The number of carbonyl (C=O) groups is 4. The Bertz CT molecular complexity index is 2050. The number of hydrogen-bond donors (Lipinski definition) is 0. The Morgan fingerprint density at radius 2 is 0.875 bits per heavy atom. The lowest BCUT2D eigenvalue weighted by atomic mass is 9.79. The largest absolute Gasteiger partial charge is 0.466 e. The summed E-state index contributed by atoms with van der Waals surface area (Å²) in [6, 6.07) is 40.8. The number of hydrogen-bond acceptors (Lipinski definition) is 10. The molecule has 4 aromatic rings. The molecule has 2 aliphatic rings. The monoisotopic (exact) mass is 746 g/mol. The summed E-state index contributed by atoms with van der Waals surface area (Å²) < 4.78 is 10.2. The smallest absolute Gasteiger partial charge is 0.312 e. The molecule has 0 radical (unpaired) electrons. The highest BCUT2D eigenvalue weighted by molar-refractivity contribution is 6.08. The van der Waals surface area contributed by atoms with E-state index in [4.69, 9.17) is 9.47 Å². The van der Waals surface area contributed by atoms with Crippen LogP contribution in [0.5, 0.6) is 0 Å². The van der Waals surface area contributed by atoms with Crippen LogP contribution in [0.4, 0.5) is 11.4 Å². The molecular formula is C44H38N6O6. The quantitative estimate of drug-likeness (QED) is 0.148. The number of fused-ring (bicyclic) bond motifs is 2. The van der Waals surface area contributed by atoms with E-state index >= 15 is 0 Å². The van der Waals surface area contributed by atoms with E-state index in [2.05, 4.69) is 0 Å². The van der Waals surface area contributed by atoms with Gasteiger partial charge in [-0.25, -0.2) is 0 Å². The molecular weight excluding hydrogens is 709 g/mol. The molecule has 4 aromatic carbocycles. The van der Waals surface area contributed by atoms with Gasteiger partial charge in [-0.05, 0) is 48.2 Å². The second-order valence-electron chi connectivity index (χ2n) is 12.9. The van der Waals surface area contributed by atoms with Gasteiger partial charge in [0.2, 0.25) is 11.8 Å². The van der Waals surface area contributed by atoms with Crippen molar-refractivity contribution >= 4 is 35.1 Å². The number of esters is 2. The molecule has 0 saturated carbocycles. The molecule has 12 heteroatoms. The Kier molecular flexibility index (Phi) is 13.3. The van der Waals surface area contributed by atoms with Crippen molar-refractivity contribution in [2.24, 2.45) is 23.7 Å². The zero-order chi connectivity index (χ0) is 40.2. The summed E-state index contributed by atoms with van der Waals surface area (Å²) in [5, 5.41) is 37.6. The fourth-order valence-corrected chi connectivity index (χ4v) is 7.17. The first-order valence-electron chi connectivity index (χ1n) is 18.0. The van der Waals surface area contributed by atoms with Gasteiger partial charge in [-0.2, -0.15) is 21.0 Å². The number of rotatable bonds is 12. The lowest BCUT2D eigenvalue weighted by Crippen LogP contribution is -2.37. The third-order valence-corrected chi connectivity index (χ3v) is 9.67. The number of benzene rings is 4. The summed E-state index contributed by atoms with van der Waals surface area (Å²) in [6.45, 7) is 4.19. The maximum Gasteiger partial charge on any atom is 0.312 e. The zero-order valence-corrected chi connectivity index (χ0v) is 30.8. The van der Waals surface area contributed by atoms with Crippen molar-refractivity contribution in [3.8, 4) is 24.3 Å². The van der Waals surface area contributed by atoms with Crippen LogP contribution in [0.15, 0.2) is 109 Å². The standard InChI is InChI=1S/2C22H19N3O3/c2*1-2-28-22(27)19(16(12-23)13-24)20-17-10-6-7-11-18(17)25(21(20)26)14-15-8-4-3-5-9-15/h2*3-11,16,19-20H,2,14H2,1H3/t2*19-,20-/m10/s1. The second kappa shape index (κ2) is 18.7. The fourth-order valence-electron chi connectivity index (χ4n) is 7.17. The number of para-hydroxylation sites is 2. The lowest BCUT2D eigenvalue weighted by Gasteiger charge is -2.23. The fraction of sp³-hybridized carbons (Fsp3) is 0.273. The minimum atomic E-state index is -1.28. The molecule has 4 atom stereocenters. The summed E-state index contributed by atoms with van der Waals surface area (Å²) in [5.74, 6) is -8.79.